The molecule has 0 bridgehead atoms. The number of halogens is 3. The van der Waals surface area contributed by atoms with Crippen molar-refractivity contribution in [3.63, 3.8) is 0 Å². The number of para-hydroxylation sites is 1. The summed E-state index contributed by atoms with van der Waals surface area (Å²) in [4.78, 5) is 29.1. The number of rotatable bonds is 5. The Balaban J connectivity index is 1.30. The first-order valence-corrected chi connectivity index (χ1v) is 10.8. The highest BCUT2D eigenvalue weighted by Crippen LogP contribution is 2.34. The Morgan fingerprint density at radius 1 is 0.970 bits per heavy atom. The van der Waals surface area contributed by atoms with Crippen molar-refractivity contribution in [1.82, 2.24) is 20.7 Å². The molecule has 33 heavy (non-hydrogen) atoms. The van der Waals surface area contributed by atoms with Gasteiger partial charge in [-0.1, -0.05) is 42.5 Å². The molecule has 2 saturated heterocycles. The maximum atomic E-state index is 13.1. The second-order valence-corrected chi connectivity index (χ2v) is 8.21. The number of hydrogen-bond donors (Lipinski definition) is 3. The molecule has 10 heteroatoms. The molecule has 2 aromatic carbocycles. The molecule has 2 heterocycles. The van der Waals surface area contributed by atoms with Crippen LogP contribution >= 0.6 is 0 Å². The zero-order valence-electron chi connectivity index (χ0n) is 17.9. The molecule has 0 saturated carbocycles. The van der Waals surface area contributed by atoms with E-state index in [0.717, 1.165) is 11.6 Å². The lowest BCUT2D eigenvalue weighted by Gasteiger charge is -2.36. The summed E-state index contributed by atoms with van der Waals surface area (Å²) >= 11 is 0. The van der Waals surface area contributed by atoms with Crippen molar-refractivity contribution >= 4 is 17.5 Å². The molecular weight excluding hydrogens is 435 g/mol. The number of piperazine rings is 1. The van der Waals surface area contributed by atoms with Gasteiger partial charge < -0.3 is 10.2 Å². The summed E-state index contributed by atoms with van der Waals surface area (Å²) in [5, 5.41) is 2.37. The Hall–Kier alpha value is -2.95. The van der Waals surface area contributed by atoms with Crippen molar-refractivity contribution < 1.29 is 22.8 Å². The molecule has 4 rings (SSSR count). The molecule has 0 spiro atoms. The zero-order chi connectivity index (χ0) is 23.4. The van der Waals surface area contributed by atoms with Gasteiger partial charge in [-0.05, 0) is 17.7 Å². The smallest absolute Gasteiger partial charge is 0.340 e. The highest BCUT2D eigenvalue weighted by atomic mass is 19.4. The van der Waals surface area contributed by atoms with Crippen LogP contribution in [-0.2, 0) is 15.8 Å². The van der Waals surface area contributed by atoms with Gasteiger partial charge in [0.25, 0.3) is 0 Å². The third-order valence-electron chi connectivity index (χ3n) is 6.02. The fraction of sp³-hybridized carbons (Fsp3) is 0.391. The van der Waals surface area contributed by atoms with Crippen molar-refractivity contribution in [2.75, 3.05) is 44.6 Å². The summed E-state index contributed by atoms with van der Waals surface area (Å²) < 4.78 is 39.4. The van der Waals surface area contributed by atoms with Gasteiger partial charge in [0.15, 0.2) is 0 Å². The lowest BCUT2D eigenvalue weighted by Crippen LogP contribution is -2.52. The van der Waals surface area contributed by atoms with Gasteiger partial charge in [0.1, 0.15) is 0 Å². The number of hydrogen-bond acceptors (Lipinski definition) is 5. The molecule has 2 aliphatic rings. The van der Waals surface area contributed by atoms with E-state index in [-0.39, 0.29) is 30.1 Å². The summed E-state index contributed by atoms with van der Waals surface area (Å²) in [6, 6.07) is 14.6. The molecule has 2 atom stereocenters. The van der Waals surface area contributed by atoms with Gasteiger partial charge >= 0.3 is 6.18 Å². The number of amides is 2. The van der Waals surface area contributed by atoms with E-state index in [9.17, 15) is 22.8 Å². The maximum absolute atomic E-state index is 13.1. The minimum Gasteiger partial charge on any atom is -0.340 e. The molecule has 0 aromatic heterocycles. The van der Waals surface area contributed by atoms with Crippen molar-refractivity contribution in [2.24, 2.45) is 5.92 Å². The quantitative estimate of drug-likeness (QED) is 0.637. The van der Waals surface area contributed by atoms with E-state index in [1.165, 1.54) is 18.2 Å². The number of alkyl halides is 3. The summed E-state index contributed by atoms with van der Waals surface area (Å²) in [6.07, 6.45) is -4.54. The first kappa shape index (κ1) is 23.2. The van der Waals surface area contributed by atoms with Gasteiger partial charge in [0.2, 0.25) is 11.8 Å². The van der Waals surface area contributed by atoms with Gasteiger partial charge in [0, 0.05) is 32.7 Å². The van der Waals surface area contributed by atoms with Crippen molar-refractivity contribution in [3.8, 4) is 0 Å². The van der Waals surface area contributed by atoms with Gasteiger partial charge in [-0.25, -0.2) is 5.43 Å². The molecular formula is C23H26F3N5O2. The Morgan fingerprint density at radius 3 is 2.33 bits per heavy atom. The minimum absolute atomic E-state index is 0.0343. The molecule has 0 aliphatic carbocycles. The second kappa shape index (κ2) is 9.90. The van der Waals surface area contributed by atoms with E-state index in [2.05, 4.69) is 16.2 Å². The molecule has 2 fully saturated rings. The number of carbonyl (C=O) groups excluding carboxylic acids is 2. The standard InChI is InChI=1S/C23H26F3N5O2/c24-23(25,26)18-8-4-5-9-19(18)28-20(32)15-30-10-12-31(13-11-30)22(33)17-14-27-29-21(17)16-6-2-1-3-7-16/h1-9,17,21,27,29H,10-15H2,(H,28,32). The fourth-order valence-corrected chi connectivity index (χ4v) is 4.30. The lowest BCUT2D eigenvalue weighted by atomic mass is 9.93. The Bertz CT molecular complexity index is 978. The van der Waals surface area contributed by atoms with Gasteiger partial charge in [-0.15, -0.1) is 0 Å². The number of anilines is 1. The molecule has 2 aliphatic heterocycles. The summed E-state index contributed by atoms with van der Waals surface area (Å²) in [5.74, 6) is -0.703. The van der Waals surface area contributed by atoms with E-state index < -0.39 is 17.6 Å². The topological polar surface area (TPSA) is 76.7 Å². The summed E-state index contributed by atoms with van der Waals surface area (Å²) in [6.45, 7) is 2.37. The third kappa shape index (κ3) is 5.52. The second-order valence-electron chi connectivity index (χ2n) is 8.21. The molecule has 2 aromatic rings. The van der Waals surface area contributed by atoms with E-state index in [4.69, 9.17) is 0 Å². The van der Waals surface area contributed by atoms with Crippen LogP contribution in [-0.4, -0.2) is 60.9 Å². The van der Waals surface area contributed by atoms with Crippen LogP contribution < -0.4 is 16.2 Å². The summed E-state index contributed by atoms with van der Waals surface area (Å²) in [5.41, 5.74) is 6.16. The molecule has 2 amide bonds. The Morgan fingerprint density at radius 2 is 1.64 bits per heavy atom. The van der Waals surface area contributed by atoms with Crippen LogP contribution in [0.3, 0.4) is 0 Å². The van der Waals surface area contributed by atoms with E-state index in [1.807, 2.05) is 35.2 Å². The van der Waals surface area contributed by atoms with Crippen LogP contribution in [0.25, 0.3) is 0 Å². The van der Waals surface area contributed by atoms with Crippen LogP contribution in [0.5, 0.6) is 0 Å². The average molecular weight is 461 g/mol. The van der Waals surface area contributed by atoms with E-state index in [0.29, 0.717) is 32.7 Å². The van der Waals surface area contributed by atoms with Crippen LogP contribution in [0.1, 0.15) is 17.2 Å². The number of hydrazine groups is 1. The number of nitrogens with one attached hydrogen (secondary N) is 3. The minimum atomic E-state index is -4.54. The molecule has 3 N–H and O–H groups in total. The molecule has 7 nitrogen and oxygen atoms in total. The van der Waals surface area contributed by atoms with Crippen molar-refractivity contribution in [2.45, 2.75) is 12.2 Å². The number of nitrogens with zero attached hydrogens (tertiary/aromatic N) is 2. The van der Waals surface area contributed by atoms with Crippen LogP contribution in [0.15, 0.2) is 54.6 Å². The van der Waals surface area contributed by atoms with Crippen LogP contribution in [0.2, 0.25) is 0 Å². The normalized spacial score (nSPS) is 21.7. The number of benzene rings is 2. The predicted molar refractivity (Wildman–Crippen MR) is 117 cm³/mol. The molecule has 2 unspecified atom stereocenters. The SMILES string of the molecule is O=C(CN1CCN(C(=O)C2CNNC2c2ccccc2)CC1)Nc1ccccc1C(F)(F)F. The largest absolute Gasteiger partial charge is 0.418 e. The highest BCUT2D eigenvalue weighted by Gasteiger charge is 2.37. The molecule has 0 radical (unpaired) electrons. The monoisotopic (exact) mass is 461 g/mol. The third-order valence-corrected chi connectivity index (χ3v) is 6.02. The van der Waals surface area contributed by atoms with E-state index in [1.54, 1.807) is 4.90 Å². The zero-order valence-corrected chi connectivity index (χ0v) is 17.9. The van der Waals surface area contributed by atoms with Gasteiger partial charge in [0.05, 0.1) is 29.8 Å². The van der Waals surface area contributed by atoms with Crippen molar-refractivity contribution in [3.05, 3.63) is 65.7 Å². The molecule has 176 valence electrons. The average Bonchev–Trinajstić information content (AvgIpc) is 3.29. The Kier molecular flexibility index (Phi) is 6.96. The van der Waals surface area contributed by atoms with E-state index >= 15 is 0 Å². The highest BCUT2D eigenvalue weighted by molar-refractivity contribution is 5.93. The fourth-order valence-electron chi connectivity index (χ4n) is 4.30. The lowest BCUT2D eigenvalue weighted by molar-refractivity contribution is -0.137. The van der Waals surface area contributed by atoms with Gasteiger partial charge in [-0.2, -0.15) is 13.2 Å². The van der Waals surface area contributed by atoms with Crippen LogP contribution in [0.4, 0.5) is 18.9 Å². The summed E-state index contributed by atoms with van der Waals surface area (Å²) in [7, 11) is 0. The predicted octanol–water partition coefficient (Wildman–Crippen LogP) is 2.25. The first-order chi connectivity index (χ1) is 15.8. The van der Waals surface area contributed by atoms with Crippen LogP contribution in [0, 0.1) is 5.92 Å². The number of carbonyl (C=O) groups is 2. The van der Waals surface area contributed by atoms with Crippen molar-refractivity contribution in [1.29, 1.82) is 0 Å². The first-order valence-electron chi connectivity index (χ1n) is 10.8. The van der Waals surface area contributed by atoms with Gasteiger partial charge in [-0.3, -0.25) is 19.9 Å². The maximum Gasteiger partial charge on any atom is 0.418 e. The Labute approximate surface area is 189 Å².